The van der Waals surface area contributed by atoms with E-state index in [4.69, 9.17) is 9.16 Å². The van der Waals surface area contributed by atoms with Crippen LogP contribution in [0.25, 0.3) is 0 Å². The second kappa shape index (κ2) is 7.61. The van der Waals surface area contributed by atoms with Crippen molar-refractivity contribution in [2.75, 3.05) is 6.61 Å². The highest BCUT2D eigenvalue weighted by atomic mass is 28.4. The van der Waals surface area contributed by atoms with Crippen LogP contribution in [0, 0.1) is 0 Å². The van der Waals surface area contributed by atoms with E-state index < -0.39 is 32.2 Å². The topological polar surface area (TPSA) is 67.8 Å². The molecule has 22 heavy (non-hydrogen) atoms. The van der Waals surface area contributed by atoms with Gasteiger partial charge in [0.15, 0.2) is 8.32 Å². The fraction of sp³-hybridized carbons (Fsp3) is 0.812. The van der Waals surface area contributed by atoms with Gasteiger partial charge < -0.3 is 19.6 Å². The van der Waals surface area contributed by atoms with Crippen molar-refractivity contribution in [3.8, 4) is 0 Å². The molecule has 0 aromatic heterocycles. The standard InChI is InChI=1S/C16H33NO4Si/c1-10-13(21-22(8,9)16(5,6)7)12(11-18)17-14(19)20-15(2,3)4/h10,12-13,18H,1,11H2,2-9H3,(H,17,19)/t12-,13+/m0/s1. The highest BCUT2D eigenvalue weighted by Gasteiger charge is 2.40. The first-order valence-corrected chi connectivity index (χ1v) is 10.5. The number of carbonyl (C=O) groups excluding carboxylic acids is 1. The molecular formula is C16H33NO4Si. The smallest absolute Gasteiger partial charge is 0.408 e. The maximum atomic E-state index is 11.9. The van der Waals surface area contributed by atoms with Gasteiger partial charge in [-0.15, -0.1) is 6.58 Å². The number of ether oxygens (including phenoxy) is 1. The van der Waals surface area contributed by atoms with E-state index in [0.29, 0.717) is 0 Å². The third-order valence-electron chi connectivity index (χ3n) is 3.76. The number of aliphatic hydroxyl groups excluding tert-OH is 1. The maximum absolute atomic E-state index is 11.9. The molecule has 0 heterocycles. The van der Waals surface area contributed by atoms with E-state index in [-0.39, 0.29) is 11.6 Å². The fourth-order valence-electron chi connectivity index (χ4n) is 1.50. The third-order valence-corrected chi connectivity index (χ3v) is 8.24. The first-order chi connectivity index (χ1) is 9.73. The molecule has 0 bridgehead atoms. The lowest BCUT2D eigenvalue weighted by atomic mass is 10.2. The first-order valence-electron chi connectivity index (χ1n) is 7.64. The molecule has 0 saturated heterocycles. The van der Waals surface area contributed by atoms with Crippen LogP contribution in [0.5, 0.6) is 0 Å². The molecule has 2 N–H and O–H groups in total. The van der Waals surface area contributed by atoms with E-state index >= 15 is 0 Å². The molecule has 5 nitrogen and oxygen atoms in total. The van der Waals surface area contributed by atoms with Crippen LogP contribution in [0.3, 0.4) is 0 Å². The molecule has 0 aliphatic heterocycles. The van der Waals surface area contributed by atoms with Crippen LogP contribution in [0.15, 0.2) is 12.7 Å². The number of rotatable bonds is 6. The van der Waals surface area contributed by atoms with Crippen LogP contribution < -0.4 is 5.32 Å². The van der Waals surface area contributed by atoms with Crippen molar-refractivity contribution in [1.82, 2.24) is 5.32 Å². The summed E-state index contributed by atoms with van der Waals surface area (Å²) in [5.74, 6) is 0. The van der Waals surface area contributed by atoms with Gasteiger partial charge in [0.1, 0.15) is 5.60 Å². The first kappa shape index (κ1) is 21.1. The molecule has 6 heteroatoms. The average molecular weight is 332 g/mol. The molecule has 2 atom stereocenters. The maximum Gasteiger partial charge on any atom is 0.408 e. The second-order valence-electron chi connectivity index (χ2n) is 8.01. The molecular weight excluding hydrogens is 298 g/mol. The Hall–Kier alpha value is -0.853. The zero-order valence-corrected chi connectivity index (χ0v) is 16.3. The molecule has 0 rings (SSSR count). The van der Waals surface area contributed by atoms with Gasteiger partial charge in [-0.1, -0.05) is 26.8 Å². The summed E-state index contributed by atoms with van der Waals surface area (Å²) in [5, 5.41) is 12.3. The Labute approximate surface area is 136 Å². The lowest BCUT2D eigenvalue weighted by molar-refractivity contribution is 0.0415. The number of hydrogen-bond acceptors (Lipinski definition) is 4. The van der Waals surface area contributed by atoms with E-state index in [9.17, 15) is 9.90 Å². The molecule has 0 aromatic rings. The summed E-state index contributed by atoms with van der Waals surface area (Å²) in [6, 6.07) is -0.582. The summed E-state index contributed by atoms with van der Waals surface area (Å²) in [5.41, 5.74) is -0.589. The van der Waals surface area contributed by atoms with Gasteiger partial charge in [-0.3, -0.25) is 0 Å². The van der Waals surface area contributed by atoms with E-state index in [2.05, 4.69) is 45.8 Å². The number of nitrogens with one attached hydrogen (secondary N) is 1. The zero-order valence-electron chi connectivity index (χ0n) is 15.3. The summed E-state index contributed by atoms with van der Waals surface area (Å²) in [6.45, 7) is 19.5. The number of amides is 1. The molecule has 0 aliphatic rings. The van der Waals surface area contributed by atoms with E-state index in [1.165, 1.54) is 0 Å². The van der Waals surface area contributed by atoms with Crippen molar-refractivity contribution in [2.45, 2.75) is 77.4 Å². The summed E-state index contributed by atoms with van der Waals surface area (Å²) in [7, 11) is -2.04. The highest BCUT2D eigenvalue weighted by Crippen LogP contribution is 2.37. The zero-order chi connectivity index (χ0) is 17.8. The van der Waals surface area contributed by atoms with E-state index in [1.54, 1.807) is 26.8 Å². The fourth-order valence-corrected chi connectivity index (χ4v) is 2.80. The SMILES string of the molecule is C=C[C@@H](O[Si](C)(C)C(C)(C)C)[C@H](CO)NC(=O)OC(C)(C)C. The van der Waals surface area contributed by atoms with Gasteiger partial charge in [-0.2, -0.15) is 0 Å². The van der Waals surface area contributed by atoms with Gasteiger partial charge in [0.05, 0.1) is 18.8 Å². The van der Waals surface area contributed by atoms with Gasteiger partial charge in [0.25, 0.3) is 0 Å². The lowest BCUT2D eigenvalue weighted by Gasteiger charge is -2.40. The van der Waals surface area contributed by atoms with Crippen molar-refractivity contribution in [3.05, 3.63) is 12.7 Å². The Morgan fingerprint density at radius 1 is 1.27 bits per heavy atom. The van der Waals surface area contributed by atoms with Gasteiger partial charge in [-0.05, 0) is 38.9 Å². The molecule has 0 fully saturated rings. The van der Waals surface area contributed by atoms with Crippen LogP contribution in [0.2, 0.25) is 18.1 Å². The monoisotopic (exact) mass is 331 g/mol. The van der Waals surface area contributed by atoms with E-state index in [1.807, 2.05) is 0 Å². The highest BCUT2D eigenvalue weighted by molar-refractivity contribution is 6.74. The normalized spacial score (nSPS) is 15.9. The predicted molar refractivity (Wildman–Crippen MR) is 92.5 cm³/mol. The quantitative estimate of drug-likeness (QED) is 0.578. The second-order valence-corrected chi connectivity index (χ2v) is 12.8. The summed E-state index contributed by atoms with van der Waals surface area (Å²) in [6.07, 6.45) is 0.592. The average Bonchev–Trinajstić information content (AvgIpc) is 2.29. The molecule has 0 aliphatic carbocycles. The summed E-state index contributed by atoms with van der Waals surface area (Å²) in [4.78, 5) is 11.9. The minimum absolute atomic E-state index is 0.0280. The molecule has 0 saturated carbocycles. The minimum Gasteiger partial charge on any atom is -0.444 e. The lowest BCUT2D eigenvalue weighted by Crippen LogP contribution is -2.53. The van der Waals surface area contributed by atoms with Gasteiger partial charge in [0, 0.05) is 0 Å². The molecule has 0 spiro atoms. The van der Waals surface area contributed by atoms with Crippen molar-refractivity contribution < 1.29 is 19.1 Å². The summed E-state index contributed by atoms with van der Waals surface area (Å²) < 4.78 is 11.4. The number of carbonyl (C=O) groups is 1. The van der Waals surface area contributed by atoms with Crippen LogP contribution in [0.1, 0.15) is 41.5 Å². The Morgan fingerprint density at radius 2 is 1.77 bits per heavy atom. The summed E-state index contributed by atoms with van der Waals surface area (Å²) >= 11 is 0. The number of aliphatic hydroxyl groups is 1. The minimum atomic E-state index is -2.04. The molecule has 0 radical (unpaired) electrons. The van der Waals surface area contributed by atoms with Crippen molar-refractivity contribution in [3.63, 3.8) is 0 Å². The molecule has 0 unspecified atom stereocenters. The Kier molecular flexibility index (Phi) is 7.32. The Balaban J connectivity index is 4.96. The number of alkyl carbamates (subject to hydrolysis) is 1. The largest absolute Gasteiger partial charge is 0.444 e. The molecule has 0 aromatic carbocycles. The van der Waals surface area contributed by atoms with Crippen molar-refractivity contribution in [2.24, 2.45) is 0 Å². The number of hydrogen-bond donors (Lipinski definition) is 2. The van der Waals surface area contributed by atoms with Crippen LogP contribution >= 0.6 is 0 Å². The van der Waals surface area contributed by atoms with Gasteiger partial charge >= 0.3 is 6.09 Å². The molecule has 130 valence electrons. The third kappa shape index (κ3) is 6.94. The van der Waals surface area contributed by atoms with E-state index in [0.717, 1.165) is 0 Å². The Morgan fingerprint density at radius 3 is 2.09 bits per heavy atom. The van der Waals surface area contributed by atoms with Crippen LogP contribution in [0.4, 0.5) is 4.79 Å². The predicted octanol–water partition coefficient (Wildman–Crippen LogP) is 3.45. The van der Waals surface area contributed by atoms with Crippen molar-refractivity contribution in [1.29, 1.82) is 0 Å². The van der Waals surface area contributed by atoms with Crippen molar-refractivity contribution >= 4 is 14.4 Å². The van der Waals surface area contributed by atoms with Crippen LogP contribution in [-0.4, -0.2) is 43.9 Å². The van der Waals surface area contributed by atoms with Crippen LogP contribution in [-0.2, 0) is 9.16 Å². The van der Waals surface area contributed by atoms with Gasteiger partial charge in [-0.25, -0.2) is 4.79 Å². The van der Waals surface area contributed by atoms with Gasteiger partial charge in [0.2, 0.25) is 0 Å². The Bertz CT molecular complexity index is 383. The molecule has 1 amide bonds.